The number of aromatic nitrogens is 1. The summed E-state index contributed by atoms with van der Waals surface area (Å²) in [6.07, 6.45) is 4.09. The highest BCUT2D eigenvalue weighted by atomic mass is 16.5. The van der Waals surface area contributed by atoms with Gasteiger partial charge in [-0.2, -0.15) is 0 Å². The van der Waals surface area contributed by atoms with Crippen LogP contribution in [0.2, 0.25) is 0 Å². The number of allylic oxidation sites excluding steroid dienone is 3. The Balaban J connectivity index is 2.44. The van der Waals surface area contributed by atoms with Crippen molar-refractivity contribution in [3.8, 4) is 0 Å². The molecule has 0 fully saturated rings. The topological polar surface area (TPSA) is 98.9 Å². The fourth-order valence-electron chi connectivity index (χ4n) is 1.65. The van der Waals surface area contributed by atoms with Crippen molar-refractivity contribution in [3.63, 3.8) is 0 Å². The Morgan fingerprint density at radius 1 is 1.29 bits per heavy atom. The van der Waals surface area contributed by atoms with Crippen molar-refractivity contribution in [2.45, 2.75) is 13.8 Å². The summed E-state index contributed by atoms with van der Waals surface area (Å²) < 4.78 is 0.566. The minimum absolute atomic E-state index is 0.107. The molecule has 1 aromatic rings. The predicted octanol–water partition coefficient (Wildman–Crippen LogP) is 0.640. The first-order valence-corrected chi connectivity index (χ1v) is 6.16. The van der Waals surface area contributed by atoms with E-state index in [-0.39, 0.29) is 22.9 Å². The number of pyridine rings is 1. The molecule has 1 heterocycles. The molecule has 7 heteroatoms. The normalized spacial score (nSPS) is 17.5. The Kier molecular flexibility index (Phi) is 4.13. The van der Waals surface area contributed by atoms with Gasteiger partial charge in [0, 0.05) is 13.0 Å². The zero-order chi connectivity index (χ0) is 15.4. The molecule has 0 aliphatic heterocycles. The van der Waals surface area contributed by atoms with Crippen LogP contribution in [0.5, 0.6) is 0 Å². The minimum Gasteiger partial charge on any atom is -0.805 e. The molecule has 0 saturated heterocycles. The van der Waals surface area contributed by atoms with E-state index in [9.17, 15) is 14.8 Å². The quantitative estimate of drug-likeness (QED) is 0.637. The van der Waals surface area contributed by atoms with Crippen LogP contribution in [0.25, 0.3) is 0 Å². The zero-order valence-electron chi connectivity index (χ0n) is 11.5. The van der Waals surface area contributed by atoms with E-state index in [1.165, 1.54) is 31.3 Å². The van der Waals surface area contributed by atoms with Crippen molar-refractivity contribution < 1.29 is 9.59 Å². The van der Waals surface area contributed by atoms with Crippen molar-refractivity contribution in [2.24, 2.45) is 10.2 Å². The van der Waals surface area contributed by atoms with Gasteiger partial charge in [0.1, 0.15) is 11.2 Å². The van der Waals surface area contributed by atoms with E-state index < -0.39 is 0 Å². The average Bonchev–Trinajstić information content (AvgIpc) is 2.42. The summed E-state index contributed by atoms with van der Waals surface area (Å²) in [4.78, 5) is 22.8. The first kappa shape index (κ1) is 14.4. The monoisotopic (exact) mass is 285 g/mol. The molecule has 0 unspecified atom stereocenters. The van der Waals surface area contributed by atoms with Gasteiger partial charge in [0.15, 0.2) is 5.78 Å². The van der Waals surface area contributed by atoms with Crippen LogP contribution in [0.3, 0.4) is 0 Å². The van der Waals surface area contributed by atoms with Crippen LogP contribution in [0.1, 0.15) is 13.8 Å². The number of nitrogens with one attached hydrogen (secondary N) is 1. The largest absolute Gasteiger partial charge is 0.805 e. The molecule has 0 aromatic carbocycles. The SMILES string of the molecule is CC(=O)NC1=CC(=O)C(C)=CC1=NN=c1ccccn1[O-]. The van der Waals surface area contributed by atoms with Crippen molar-refractivity contribution in [2.75, 3.05) is 0 Å². The second-order valence-electron chi connectivity index (χ2n) is 4.40. The summed E-state index contributed by atoms with van der Waals surface area (Å²) in [5, 5.41) is 21.8. The van der Waals surface area contributed by atoms with Gasteiger partial charge < -0.3 is 15.3 Å². The number of hydrogen-bond donors (Lipinski definition) is 1. The summed E-state index contributed by atoms with van der Waals surface area (Å²) in [6, 6.07) is 4.73. The number of hydrogen-bond acceptors (Lipinski definition) is 5. The fourth-order valence-corrected chi connectivity index (χ4v) is 1.65. The first-order chi connectivity index (χ1) is 9.97. The van der Waals surface area contributed by atoms with Crippen molar-refractivity contribution in [3.05, 3.63) is 58.5 Å². The maximum atomic E-state index is 11.6. The lowest BCUT2D eigenvalue weighted by Gasteiger charge is -2.13. The lowest BCUT2D eigenvalue weighted by molar-refractivity contribution is -0.118. The highest BCUT2D eigenvalue weighted by Gasteiger charge is 2.16. The van der Waals surface area contributed by atoms with Crippen LogP contribution < -0.4 is 10.8 Å². The van der Waals surface area contributed by atoms with Gasteiger partial charge in [-0.05, 0) is 36.9 Å². The van der Waals surface area contributed by atoms with Crippen LogP contribution >= 0.6 is 0 Å². The number of carbonyl (C=O) groups is 2. The van der Waals surface area contributed by atoms with Crippen LogP contribution in [-0.2, 0) is 9.59 Å². The molecular formula is C14H13N4O3-. The lowest BCUT2D eigenvalue weighted by atomic mass is 10.0. The summed E-state index contributed by atoms with van der Waals surface area (Å²) in [7, 11) is 0. The van der Waals surface area contributed by atoms with Crippen LogP contribution in [0.15, 0.2) is 58.0 Å². The van der Waals surface area contributed by atoms with Crippen LogP contribution in [0.4, 0.5) is 0 Å². The molecule has 1 aliphatic carbocycles. The molecule has 1 amide bonds. The number of nitrogens with zero attached hydrogens (tertiary/aromatic N) is 3. The zero-order valence-corrected chi connectivity index (χ0v) is 11.5. The van der Waals surface area contributed by atoms with E-state index in [2.05, 4.69) is 15.5 Å². The molecule has 0 atom stereocenters. The minimum atomic E-state index is -0.326. The highest BCUT2D eigenvalue weighted by Crippen LogP contribution is 2.10. The van der Waals surface area contributed by atoms with Crippen molar-refractivity contribution in [1.29, 1.82) is 0 Å². The molecule has 1 N–H and O–H groups in total. The van der Waals surface area contributed by atoms with Gasteiger partial charge in [-0.1, -0.05) is 6.07 Å². The van der Waals surface area contributed by atoms with Crippen molar-refractivity contribution in [1.82, 2.24) is 10.0 Å². The van der Waals surface area contributed by atoms with Gasteiger partial charge in [-0.3, -0.25) is 9.59 Å². The molecular weight excluding hydrogens is 272 g/mol. The lowest BCUT2D eigenvalue weighted by Crippen LogP contribution is -2.27. The third kappa shape index (κ3) is 3.53. The van der Waals surface area contributed by atoms with E-state index in [0.717, 1.165) is 0 Å². The van der Waals surface area contributed by atoms with Crippen LogP contribution in [-0.4, -0.2) is 22.1 Å². The summed E-state index contributed by atoms with van der Waals surface area (Å²) >= 11 is 0. The maximum absolute atomic E-state index is 11.6. The Hall–Kier alpha value is -2.96. The van der Waals surface area contributed by atoms with E-state index in [0.29, 0.717) is 16.0 Å². The van der Waals surface area contributed by atoms with Crippen molar-refractivity contribution >= 4 is 17.4 Å². The number of ketones is 1. The van der Waals surface area contributed by atoms with Gasteiger partial charge in [0.05, 0.1) is 5.70 Å². The fraction of sp³-hybridized carbons (Fsp3) is 0.143. The molecule has 0 bridgehead atoms. The standard InChI is InChI=1S/C14H13N4O3/c1-9-7-12(11(8-13(9)20)15-10(2)19)16-17-14-5-3-4-6-18(14)21/h3-8H,1-2H3,(H,15,19)/q-1. The Morgan fingerprint density at radius 2 is 2.05 bits per heavy atom. The predicted molar refractivity (Wildman–Crippen MR) is 76.9 cm³/mol. The Morgan fingerprint density at radius 3 is 2.71 bits per heavy atom. The highest BCUT2D eigenvalue weighted by molar-refractivity contribution is 6.22. The molecule has 108 valence electrons. The molecule has 1 aliphatic rings. The molecule has 7 nitrogen and oxygen atoms in total. The molecule has 2 rings (SSSR count). The second kappa shape index (κ2) is 6.00. The van der Waals surface area contributed by atoms with Gasteiger partial charge in [0.2, 0.25) is 5.91 Å². The summed E-state index contributed by atoms with van der Waals surface area (Å²) in [6.45, 7) is 2.96. The second-order valence-corrected chi connectivity index (χ2v) is 4.40. The average molecular weight is 285 g/mol. The molecule has 21 heavy (non-hydrogen) atoms. The van der Waals surface area contributed by atoms with E-state index in [1.54, 1.807) is 19.1 Å². The third-order valence-corrected chi connectivity index (χ3v) is 2.67. The third-order valence-electron chi connectivity index (χ3n) is 2.67. The van der Waals surface area contributed by atoms with E-state index in [1.807, 2.05) is 0 Å². The van der Waals surface area contributed by atoms with Crippen LogP contribution in [0, 0.1) is 5.21 Å². The van der Waals surface area contributed by atoms with Gasteiger partial charge in [-0.15, -0.1) is 10.2 Å². The molecule has 1 aromatic heterocycles. The van der Waals surface area contributed by atoms with E-state index >= 15 is 0 Å². The molecule has 0 radical (unpaired) electrons. The molecule has 0 spiro atoms. The summed E-state index contributed by atoms with van der Waals surface area (Å²) in [5.74, 6) is -0.537. The van der Waals surface area contributed by atoms with Gasteiger partial charge in [0.25, 0.3) is 0 Å². The van der Waals surface area contributed by atoms with Gasteiger partial charge >= 0.3 is 0 Å². The first-order valence-electron chi connectivity index (χ1n) is 6.16. The smallest absolute Gasteiger partial charge is 0.221 e. The summed E-state index contributed by atoms with van der Waals surface area (Å²) in [5.41, 5.74) is 1.15. The Bertz CT molecular complexity index is 753. The number of rotatable bonds is 2. The molecule has 0 saturated carbocycles. The van der Waals surface area contributed by atoms with E-state index in [4.69, 9.17) is 0 Å². The Labute approximate surface area is 120 Å². The van der Waals surface area contributed by atoms with Gasteiger partial charge in [-0.25, -0.2) is 0 Å². The number of carbonyl (C=O) groups excluding carboxylic acids is 2. The maximum Gasteiger partial charge on any atom is 0.221 e. The number of amides is 1.